The summed E-state index contributed by atoms with van der Waals surface area (Å²) in [6.07, 6.45) is 0.191. The first-order valence-electron chi connectivity index (χ1n) is 6.94. The average Bonchev–Trinajstić information content (AvgIpc) is 2.42. The van der Waals surface area contributed by atoms with Crippen molar-refractivity contribution in [2.45, 2.75) is 32.9 Å². The molecule has 1 unspecified atom stereocenters. The van der Waals surface area contributed by atoms with Crippen molar-refractivity contribution in [3.8, 4) is 5.75 Å². The molecule has 1 N–H and O–H groups in total. The minimum absolute atomic E-state index is 0.190. The molecule has 2 aromatic carbocycles. The summed E-state index contributed by atoms with van der Waals surface area (Å²) in [7, 11) is 0. The lowest BCUT2D eigenvalue weighted by molar-refractivity contribution is 0.242. The molecule has 0 aliphatic rings. The molecule has 0 aliphatic carbocycles. The Kier molecular flexibility index (Phi) is 5.54. The fourth-order valence-corrected chi connectivity index (χ4v) is 2.83. The molecule has 0 aromatic heterocycles. The highest BCUT2D eigenvalue weighted by molar-refractivity contribution is 9.10. The van der Waals surface area contributed by atoms with Crippen LogP contribution >= 0.6 is 27.5 Å². The zero-order valence-corrected chi connectivity index (χ0v) is 14.7. The van der Waals surface area contributed by atoms with Crippen LogP contribution in [0.3, 0.4) is 0 Å². The maximum atomic E-state index is 5.96. The van der Waals surface area contributed by atoms with Crippen molar-refractivity contribution in [3.05, 3.63) is 57.5 Å². The number of hydrogen-bond donors (Lipinski definition) is 1. The molecule has 2 rings (SSSR count). The van der Waals surface area contributed by atoms with Crippen LogP contribution in [0, 0.1) is 0 Å². The third-order valence-electron chi connectivity index (χ3n) is 3.06. The van der Waals surface area contributed by atoms with Crippen LogP contribution in [0.25, 0.3) is 0 Å². The van der Waals surface area contributed by atoms with Gasteiger partial charge in [-0.2, -0.15) is 0 Å². The Labute approximate surface area is 139 Å². The van der Waals surface area contributed by atoms with Crippen LogP contribution in [0.4, 0.5) is 5.69 Å². The molecule has 0 aliphatic heterocycles. The SMILES string of the molecule is CC(C)Oc1ccc(C(C)Nc2ccc(Cl)cc2Br)cc1. The van der Waals surface area contributed by atoms with Crippen LogP contribution in [0.2, 0.25) is 5.02 Å². The number of anilines is 1. The van der Waals surface area contributed by atoms with Gasteiger partial charge in [-0.15, -0.1) is 0 Å². The maximum absolute atomic E-state index is 5.96. The number of rotatable bonds is 5. The van der Waals surface area contributed by atoms with Crippen molar-refractivity contribution in [2.75, 3.05) is 5.32 Å². The molecule has 0 spiro atoms. The predicted molar refractivity (Wildman–Crippen MR) is 93.4 cm³/mol. The van der Waals surface area contributed by atoms with Crippen LogP contribution in [0.1, 0.15) is 32.4 Å². The number of nitrogens with one attached hydrogen (secondary N) is 1. The van der Waals surface area contributed by atoms with E-state index in [1.165, 1.54) is 5.56 Å². The first-order chi connectivity index (χ1) is 9.95. The molecule has 0 heterocycles. The minimum atomic E-state index is 0.190. The van der Waals surface area contributed by atoms with Gasteiger partial charge in [0.25, 0.3) is 0 Å². The minimum Gasteiger partial charge on any atom is -0.491 e. The molecule has 1 atom stereocenters. The van der Waals surface area contributed by atoms with Crippen molar-refractivity contribution in [1.29, 1.82) is 0 Å². The second-order valence-corrected chi connectivity index (χ2v) is 6.52. The van der Waals surface area contributed by atoms with E-state index in [0.29, 0.717) is 0 Å². The summed E-state index contributed by atoms with van der Waals surface area (Å²) in [5, 5.41) is 4.19. The van der Waals surface area contributed by atoms with E-state index in [2.05, 4.69) is 40.3 Å². The topological polar surface area (TPSA) is 21.3 Å². The molecule has 112 valence electrons. The number of ether oxygens (including phenoxy) is 1. The fraction of sp³-hybridized carbons (Fsp3) is 0.294. The Morgan fingerprint density at radius 1 is 1.05 bits per heavy atom. The van der Waals surface area contributed by atoms with Crippen LogP contribution in [0.5, 0.6) is 5.75 Å². The largest absolute Gasteiger partial charge is 0.491 e. The van der Waals surface area contributed by atoms with E-state index in [9.17, 15) is 0 Å². The van der Waals surface area contributed by atoms with Crippen LogP contribution in [0.15, 0.2) is 46.9 Å². The average molecular weight is 369 g/mol. The van der Waals surface area contributed by atoms with E-state index < -0.39 is 0 Å². The molecule has 0 radical (unpaired) electrons. The van der Waals surface area contributed by atoms with Crippen molar-refractivity contribution in [3.63, 3.8) is 0 Å². The Balaban J connectivity index is 2.07. The molecule has 0 saturated heterocycles. The van der Waals surface area contributed by atoms with E-state index in [0.717, 1.165) is 20.9 Å². The molecular formula is C17H19BrClNO. The number of hydrogen-bond acceptors (Lipinski definition) is 2. The van der Waals surface area contributed by atoms with E-state index >= 15 is 0 Å². The second kappa shape index (κ2) is 7.19. The summed E-state index contributed by atoms with van der Waals surface area (Å²) in [5.41, 5.74) is 2.22. The molecule has 2 nitrogen and oxygen atoms in total. The van der Waals surface area contributed by atoms with Crippen LogP contribution in [-0.4, -0.2) is 6.10 Å². The van der Waals surface area contributed by atoms with Gasteiger partial charge >= 0.3 is 0 Å². The molecule has 4 heteroatoms. The highest BCUT2D eigenvalue weighted by atomic mass is 79.9. The first-order valence-corrected chi connectivity index (χ1v) is 8.11. The van der Waals surface area contributed by atoms with Gasteiger partial charge in [-0.3, -0.25) is 0 Å². The lowest BCUT2D eigenvalue weighted by atomic mass is 10.1. The second-order valence-electron chi connectivity index (χ2n) is 5.23. The number of halogens is 2. The molecule has 0 saturated carbocycles. The van der Waals surface area contributed by atoms with Gasteiger partial charge in [0.2, 0.25) is 0 Å². The van der Waals surface area contributed by atoms with Gasteiger partial charge in [0.05, 0.1) is 6.10 Å². The van der Waals surface area contributed by atoms with E-state index in [1.807, 2.05) is 44.2 Å². The zero-order chi connectivity index (χ0) is 15.4. The third-order valence-corrected chi connectivity index (χ3v) is 3.95. The van der Waals surface area contributed by atoms with Gasteiger partial charge in [-0.05, 0) is 72.6 Å². The Morgan fingerprint density at radius 3 is 2.29 bits per heavy atom. The van der Waals surface area contributed by atoms with Crippen molar-refractivity contribution >= 4 is 33.2 Å². The van der Waals surface area contributed by atoms with Gasteiger partial charge in [0, 0.05) is 21.2 Å². The third kappa shape index (κ3) is 4.65. The van der Waals surface area contributed by atoms with Gasteiger partial charge in [-0.25, -0.2) is 0 Å². The summed E-state index contributed by atoms with van der Waals surface area (Å²) in [5.74, 6) is 0.897. The fourth-order valence-electron chi connectivity index (χ4n) is 2.03. The van der Waals surface area contributed by atoms with Gasteiger partial charge in [-0.1, -0.05) is 23.7 Å². The molecule has 0 bridgehead atoms. The Hall–Kier alpha value is -1.19. The van der Waals surface area contributed by atoms with E-state index in [4.69, 9.17) is 16.3 Å². The van der Waals surface area contributed by atoms with Crippen molar-refractivity contribution < 1.29 is 4.74 Å². The lowest BCUT2D eigenvalue weighted by Crippen LogP contribution is -2.08. The van der Waals surface area contributed by atoms with E-state index in [1.54, 1.807) is 0 Å². The standard InChI is InChI=1S/C17H19BrClNO/c1-11(2)21-15-7-4-13(5-8-15)12(3)20-17-9-6-14(19)10-16(17)18/h4-12,20H,1-3H3. The molecule has 21 heavy (non-hydrogen) atoms. The first kappa shape index (κ1) is 16.2. The van der Waals surface area contributed by atoms with Crippen molar-refractivity contribution in [1.82, 2.24) is 0 Å². The van der Waals surface area contributed by atoms with Gasteiger partial charge in [0.15, 0.2) is 0 Å². The molecular weight excluding hydrogens is 350 g/mol. The summed E-state index contributed by atoms with van der Waals surface area (Å²) in [4.78, 5) is 0. The maximum Gasteiger partial charge on any atom is 0.119 e. The van der Waals surface area contributed by atoms with Gasteiger partial charge < -0.3 is 10.1 Å². The van der Waals surface area contributed by atoms with Crippen molar-refractivity contribution in [2.24, 2.45) is 0 Å². The summed E-state index contributed by atoms with van der Waals surface area (Å²) in [6.45, 7) is 6.17. The Bertz CT molecular complexity index is 598. The molecule has 0 fully saturated rings. The normalized spacial score (nSPS) is 12.3. The lowest BCUT2D eigenvalue weighted by Gasteiger charge is -2.18. The zero-order valence-electron chi connectivity index (χ0n) is 12.4. The smallest absolute Gasteiger partial charge is 0.119 e. The number of benzene rings is 2. The summed E-state index contributed by atoms with van der Waals surface area (Å²) < 4.78 is 6.62. The highest BCUT2D eigenvalue weighted by Crippen LogP contribution is 2.29. The summed E-state index contributed by atoms with van der Waals surface area (Å²) >= 11 is 9.48. The van der Waals surface area contributed by atoms with E-state index in [-0.39, 0.29) is 12.1 Å². The van der Waals surface area contributed by atoms with Gasteiger partial charge in [0.1, 0.15) is 5.75 Å². The predicted octanol–water partition coefficient (Wildman–Crippen LogP) is 6.06. The highest BCUT2D eigenvalue weighted by Gasteiger charge is 2.08. The van der Waals surface area contributed by atoms with Crippen LogP contribution < -0.4 is 10.1 Å². The molecule has 0 amide bonds. The Morgan fingerprint density at radius 2 is 1.71 bits per heavy atom. The molecule has 2 aromatic rings. The quantitative estimate of drug-likeness (QED) is 0.692. The monoisotopic (exact) mass is 367 g/mol. The summed E-state index contributed by atoms with van der Waals surface area (Å²) in [6, 6.07) is 14.1. The van der Waals surface area contributed by atoms with Crippen LogP contribution in [-0.2, 0) is 0 Å².